The zero-order valence-electron chi connectivity index (χ0n) is 18.9. The number of nitriles is 1. The minimum absolute atomic E-state index is 0.260. The molecule has 3 aromatic rings. The fourth-order valence-electron chi connectivity index (χ4n) is 3.98. The molecule has 0 saturated heterocycles. The Kier molecular flexibility index (Phi) is 7.42. The molecule has 170 valence electrons. The normalized spacial score (nSPS) is 15.5. The van der Waals surface area contributed by atoms with E-state index in [1.165, 1.54) is 0 Å². The number of nitrogens with one attached hydrogen (secondary N) is 2. The van der Waals surface area contributed by atoms with Crippen LogP contribution in [0.3, 0.4) is 0 Å². The fourth-order valence-corrected chi connectivity index (χ4v) is 5.27. The van der Waals surface area contributed by atoms with Gasteiger partial charge in [-0.05, 0) is 42.7 Å². The first-order chi connectivity index (χ1) is 16.5. The third kappa shape index (κ3) is 5.04. The van der Waals surface area contributed by atoms with Crippen LogP contribution in [-0.2, 0) is 10.5 Å². The Morgan fingerprint density at radius 3 is 2.41 bits per heavy atom. The number of allylic oxidation sites excluding steroid dienone is 2. The third-order valence-electron chi connectivity index (χ3n) is 5.73. The molecular formula is C28H24ClN3OS. The Hall–Kier alpha value is -3.46. The van der Waals surface area contributed by atoms with E-state index in [0.717, 1.165) is 27.4 Å². The molecule has 2 N–H and O–H groups in total. The lowest BCUT2D eigenvalue weighted by atomic mass is 9.82. The van der Waals surface area contributed by atoms with Gasteiger partial charge < -0.3 is 10.6 Å². The number of carbonyl (C=O) groups is 1. The average molecular weight is 486 g/mol. The van der Waals surface area contributed by atoms with Gasteiger partial charge in [-0.1, -0.05) is 78.3 Å². The van der Waals surface area contributed by atoms with Crippen molar-refractivity contribution in [1.29, 1.82) is 5.26 Å². The Bertz CT molecular complexity index is 1320. The van der Waals surface area contributed by atoms with Gasteiger partial charge in [0, 0.05) is 27.7 Å². The number of thioether (sulfide) groups is 1. The van der Waals surface area contributed by atoms with Gasteiger partial charge in [0.2, 0.25) is 0 Å². The van der Waals surface area contributed by atoms with E-state index in [1.54, 1.807) is 17.8 Å². The van der Waals surface area contributed by atoms with Crippen LogP contribution >= 0.6 is 23.4 Å². The average Bonchev–Trinajstić information content (AvgIpc) is 2.84. The van der Waals surface area contributed by atoms with Crippen LogP contribution in [0.5, 0.6) is 0 Å². The predicted molar refractivity (Wildman–Crippen MR) is 140 cm³/mol. The van der Waals surface area contributed by atoms with Crippen molar-refractivity contribution < 1.29 is 4.79 Å². The molecule has 0 spiro atoms. The van der Waals surface area contributed by atoms with Crippen molar-refractivity contribution in [2.24, 2.45) is 0 Å². The largest absolute Gasteiger partial charge is 0.353 e. The molecule has 1 heterocycles. The van der Waals surface area contributed by atoms with Gasteiger partial charge in [-0.3, -0.25) is 4.79 Å². The lowest BCUT2D eigenvalue weighted by molar-refractivity contribution is -0.113. The molecule has 4 rings (SSSR count). The van der Waals surface area contributed by atoms with Gasteiger partial charge in [-0.25, -0.2) is 0 Å². The minimum Gasteiger partial charge on any atom is -0.353 e. The maximum atomic E-state index is 13.6. The first-order valence-electron chi connectivity index (χ1n) is 10.9. The second-order valence-electron chi connectivity index (χ2n) is 8.02. The van der Waals surface area contributed by atoms with Gasteiger partial charge in [0.15, 0.2) is 0 Å². The van der Waals surface area contributed by atoms with E-state index in [2.05, 4.69) is 28.8 Å². The highest BCUT2D eigenvalue weighted by molar-refractivity contribution is 8.02. The molecule has 6 heteroatoms. The van der Waals surface area contributed by atoms with Crippen molar-refractivity contribution >= 4 is 35.0 Å². The van der Waals surface area contributed by atoms with Crippen molar-refractivity contribution in [2.75, 3.05) is 5.32 Å². The van der Waals surface area contributed by atoms with Crippen LogP contribution in [0, 0.1) is 18.3 Å². The second kappa shape index (κ2) is 10.6. The highest BCUT2D eigenvalue weighted by Gasteiger charge is 2.35. The van der Waals surface area contributed by atoms with Gasteiger partial charge in [0.1, 0.15) is 0 Å². The van der Waals surface area contributed by atoms with Gasteiger partial charge in [-0.15, -0.1) is 11.8 Å². The highest BCUT2D eigenvalue weighted by atomic mass is 35.5. The molecule has 1 aliphatic heterocycles. The molecular weight excluding hydrogens is 462 g/mol. The molecule has 0 aromatic heterocycles. The SMILES string of the molecule is CC1=C(C(=O)Nc2ccccc2C)[C@H](c2ccccc2Cl)C(C#N)=C(SCc2ccccc2)N1. The van der Waals surface area contributed by atoms with Gasteiger partial charge in [-0.2, -0.15) is 5.26 Å². The van der Waals surface area contributed by atoms with Crippen LogP contribution in [0.1, 0.15) is 29.5 Å². The lowest BCUT2D eigenvalue weighted by Gasteiger charge is -2.30. The number of anilines is 1. The van der Waals surface area contributed by atoms with E-state index in [0.29, 0.717) is 27.6 Å². The van der Waals surface area contributed by atoms with Crippen molar-refractivity contribution in [3.05, 3.63) is 122 Å². The van der Waals surface area contributed by atoms with Gasteiger partial charge in [0.05, 0.1) is 22.6 Å². The number of halogens is 1. The molecule has 0 radical (unpaired) electrons. The quantitative estimate of drug-likeness (QED) is 0.398. The summed E-state index contributed by atoms with van der Waals surface area (Å²) in [5.41, 5.74) is 5.24. The molecule has 0 fully saturated rings. The summed E-state index contributed by atoms with van der Waals surface area (Å²) < 4.78 is 0. The van der Waals surface area contributed by atoms with Gasteiger partial charge >= 0.3 is 0 Å². The van der Waals surface area contributed by atoms with Crippen molar-refractivity contribution in [3.8, 4) is 6.07 Å². The summed E-state index contributed by atoms with van der Waals surface area (Å²) in [5.74, 6) is -0.145. The monoisotopic (exact) mass is 485 g/mol. The van der Waals surface area contributed by atoms with E-state index in [1.807, 2.05) is 74.5 Å². The Morgan fingerprint density at radius 2 is 1.71 bits per heavy atom. The maximum absolute atomic E-state index is 13.6. The Balaban J connectivity index is 1.75. The number of amides is 1. The number of aryl methyl sites for hydroxylation is 1. The molecule has 1 aliphatic rings. The number of nitrogens with zero attached hydrogens (tertiary/aromatic N) is 1. The summed E-state index contributed by atoms with van der Waals surface area (Å²) in [5, 5.41) is 17.9. The van der Waals surface area contributed by atoms with Crippen LogP contribution in [-0.4, -0.2) is 5.91 Å². The highest BCUT2D eigenvalue weighted by Crippen LogP contribution is 2.43. The summed E-state index contributed by atoms with van der Waals surface area (Å²) in [6, 6.07) is 27.5. The lowest BCUT2D eigenvalue weighted by Crippen LogP contribution is -2.31. The summed E-state index contributed by atoms with van der Waals surface area (Å²) >= 11 is 8.14. The first-order valence-corrected chi connectivity index (χ1v) is 12.3. The van der Waals surface area contributed by atoms with Crippen LogP contribution in [0.2, 0.25) is 5.02 Å². The number of hydrogen-bond acceptors (Lipinski definition) is 4. The second-order valence-corrected chi connectivity index (χ2v) is 9.41. The molecule has 3 aromatic carbocycles. The van der Waals surface area contributed by atoms with Crippen molar-refractivity contribution in [1.82, 2.24) is 5.32 Å². The number of dihydropyridines is 1. The number of hydrogen-bond donors (Lipinski definition) is 2. The maximum Gasteiger partial charge on any atom is 0.254 e. The fraction of sp³-hybridized carbons (Fsp3) is 0.143. The predicted octanol–water partition coefficient (Wildman–Crippen LogP) is 6.92. The summed E-state index contributed by atoms with van der Waals surface area (Å²) in [7, 11) is 0. The first kappa shape index (κ1) is 23.7. The molecule has 1 amide bonds. The van der Waals surface area contributed by atoms with Crippen LogP contribution < -0.4 is 10.6 Å². The smallest absolute Gasteiger partial charge is 0.254 e. The van der Waals surface area contributed by atoms with Crippen LogP contribution in [0.25, 0.3) is 0 Å². The number of carbonyl (C=O) groups excluding carboxylic acids is 1. The zero-order valence-corrected chi connectivity index (χ0v) is 20.5. The topological polar surface area (TPSA) is 64.9 Å². The zero-order chi connectivity index (χ0) is 24.1. The van der Waals surface area contributed by atoms with E-state index >= 15 is 0 Å². The summed E-state index contributed by atoms with van der Waals surface area (Å²) in [6.45, 7) is 3.81. The van der Waals surface area contributed by atoms with Crippen LogP contribution in [0.4, 0.5) is 5.69 Å². The molecule has 1 atom stereocenters. The van der Waals surface area contributed by atoms with Crippen molar-refractivity contribution in [3.63, 3.8) is 0 Å². The number of para-hydroxylation sites is 1. The molecule has 34 heavy (non-hydrogen) atoms. The van der Waals surface area contributed by atoms with Crippen LogP contribution in [0.15, 0.2) is 101 Å². The van der Waals surface area contributed by atoms with E-state index in [4.69, 9.17) is 11.6 Å². The molecule has 0 aliphatic carbocycles. The van der Waals surface area contributed by atoms with E-state index in [-0.39, 0.29) is 5.91 Å². The summed E-state index contributed by atoms with van der Waals surface area (Å²) in [4.78, 5) is 13.6. The van der Waals surface area contributed by atoms with E-state index < -0.39 is 5.92 Å². The molecule has 0 saturated carbocycles. The standard InChI is InChI=1S/C28H24ClN3OS/c1-18-10-6-9-15-24(18)32-27(33)25-19(2)31-28(34-17-20-11-4-3-5-12-20)22(16-30)26(25)21-13-7-8-14-23(21)29/h3-15,26,31H,17H2,1-2H3,(H,32,33)/t26-/m1/s1. The Morgan fingerprint density at radius 1 is 1.03 bits per heavy atom. The number of rotatable bonds is 6. The molecule has 0 unspecified atom stereocenters. The Labute approximate surface area is 209 Å². The molecule has 0 bridgehead atoms. The van der Waals surface area contributed by atoms with Crippen molar-refractivity contribution in [2.45, 2.75) is 25.5 Å². The minimum atomic E-state index is -0.581. The number of benzene rings is 3. The summed E-state index contributed by atoms with van der Waals surface area (Å²) in [6.07, 6.45) is 0. The molecule has 4 nitrogen and oxygen atoms in total. The third-order valence-corrected chi connectivity index (χ3v) is 7.16. The van der Waals surface area contributed by atoms with Gasteiger partial charge in [0.25, 0.3) is 5.91 Å². The van der Waals surface area contributed by atoms with E-state index in [9.17, 15) is 10.1 Å².